The Morgan fingerprint density at radius 2 is 1.21 bits per heavy atom. The maximum Gasteiger partial charge on any atom is 0.264 e. The fourth-order valence-electron chi connectivity index (χ4n) is 13.2. The van der Waals surface area contributed by atoms with Gasteiger partial charge in [0.2, 0.25) is 0 Å². The average Bonchev–Trinajstić information content (AvgIpc) is 3.67. The van der Waals surface area contributed by atoms with E-state index in [1.807, 2.05) is 0 Å². The molecule has 7 aliphatic rings. The smallest absolute Gasteiger partial charge is 0.264 e. The molecule has 0 saturated heterocycles. The van der Waals surface area contributed by atoms with Crippen LogP contribution in [-0.2, 0) is 41.9 Å². The van der Waals surface area contributed by atoms with Crippen LogP contribution in [-0.4, -0.2) is 6.71 Å². The van der Waals surface area contributed by atoms with Crippen LogP contribution in [0.3, 0.4) is 0 Å². The number of thiophene rings is 1. The Hall–Kier alpha value is -5.06. The first kappa shape index (κ1) is 38.4. The van der Waals surface area contributed by atoms with E-state index in [0.717, 1.165) is 6.42 Å². The molecule has 0 radical (unpaired) electrons. The lowest BCUT2D eigenvalue weighted by molar-refractivity contribution is 0.188. The summed E-state index contributed by atoms with van der Waals surface area (Å²) in [4.78, 5) is 5.48. The molecule has 6 aromatic carbocycles. The molecule has 0 spiro atoms. The Morgan fingerprint density at radius 3 is 1.90 bits per heavy atom. The molecule has 314 valence electrons. The lowest BCUT2D eigenvalue weighted by Gasteiger charge is -2.52. The quantitative estimate of drug-likeness (QED) is 0.164. The van der Waals surface area contributed by atoms with Crippen molar-refractivity contribution < 1.29 is 0 Å². The van der Waals surface area contributed by atoms with Gasteiger partial charge in [0.25, 0.3) is 6.71 Å². The van der Waals surface area contributed by atoms with Crippen LogP contribution in [0.25, 0.3) is 21.2 Å². The van der Waals surface area contributed by atoms with E-state index in [1.165, 1.54) is 164 Å². The molecule has 2 nitrogen and oxygen atoms in total. The van der Waals surface area contributed by atoms with Gasteiger partial charge in [-0.05, 0) is 215 Å². The van der Waals surface area contributed by atoms with E-state index in [9.17, 15) is 0 Å². The molecule has 63 heavy (non-hydrogen) atoms. The summed E-state index contributed by atoms with van der Waals surface area (Å²) >= 11 is 2.10. The number of benzene rings is 6. The molecule has 4 heteroatoms. The fourth-order valence-corrected chi connectivity index (χ4v) is 14.5. The zero-order chi connectivity index (χ0) is 42.6. The monoisotopic (exact) mass is 838 g/mol. The minimum absolute atomic E-state index is 0.00610. The van der Waals surface area contributed by atoms with Crippen LogP contribution in [0.5, 0.6) is 0 Å². The van der Waals surface area contributed by atoms with Gasteiger partial charge in [0.05, 0.1) is 5.69 Å². The van der Waals surface area contributed by atoms with Crippen LogP contribution in [0.2, 0.25) is 0 Å². The first-order valence-electron chi connectivity index (χ1n) is 24.3. The molecule has 5 aliphatic carbocycles. The van der Waals surface area contributed by atoms with Gasteiger partial charge in [0, 0.05) is 43.3 Å². The molecule has 0 unspecified atom stereocenters. The standard InChI is InChI=1S/C59H59BN2S/c1-36-28-39-17-12-13-19-41(39)30-49(36)62-50-33-43(57(2,3)4)21-23-48(50)60-54-51(31-42(32-52(54)62)37-14-8-7-9-15-37)61(44-22-20-38-16-10-11-18-40(38)29-44)55-45-34-46-47(35-53(45)63-56(55)60)59(6)26-24-58(46,5)25-27-59/h7-9,14-15,20-23,28-35H,10-13,16-19,24-27H2,1-6H3. The van der Waals surface area contributed by atoms with E-state index in [-0.39, 0.29) is 23.0 Å². The van der Waals surface area contributed by atoms with Crippen molar-refractivity contribution in [3.8, 4) is 11.1 Å². The summed E-state index contributed by atoms with van der Waals surface area (Å²) in [7, 11) is 0. The average molecular weight is 839 g/mol. The number of aryl methyl sites for hydroxylation is 5. The van der Waals surface area contributed by atoms with Gasteiger partial charge in [-0.15, -0.1) is 11.3 Å². The molecule has 2 bridgehead atoms. The van der Waals surface area contributed by atoms with Crippen LogP contribution in [0, 0.1) is 6.92 Å². The minimum atomic E-state index is 0.00610. The Balaban J connectivity index is 1.16. The molecule has 1 saturated carbocycles. The number of fused-ring (bicyclic) bond motifs is 10. The Morgan fingerprint density at radius 1 is 0.571 bits per heavy atom. The van der Waals surface area contributed by atoms with Crippen molar-refractivity contribution >= 4 is 78.0 Å². The van der Waals surface area contributed by atoms with E-state index in [0.29, 0.717) is 0 Å². The van der Waals surface area contributed by atoms with E-state index in [1.54, 1.807) is 22.3 Å². The van der Waals surface area contributed by atoms with Crippen LogP contribution in [0.1, 0.15) is 130 Å². The largest absolute Gasteiger partial charge is 0.311 e. The van der Waals surface area contributed by atoms with E-state index < -0.39 is 0 Å². The second-order valence-electron chi connectivity index (χ2n) is 22.0. The van der Waals surface area contributed by atoms with Gasteiger partial charge in [-0.3, -0.25) is 0 Å². The summed E-state index contributed by atoms with van der Waals surface area (Å²) in [5.41, 5.74) is 26.2. The first-order chi connectivity index (χ1) is 30.5. The molecule has 1 aromatic heterocycles. The summed E-state index contributed by atoms with van der Waals surface area (Å²) in [6.07, 6.45) is 15.0. The van der Waals surface area contributed by atoms with Crippen molar-refractivity contribution in [3.05, 3.63) is 148 Å². The summed E-state index contributed by atoms with van der Waals surface area (Å²) < 4.78 is 2.96. The van der Waals surface area contributed by atoms with Crippen molar-refractivity contribution in [2.45, 2.75) is 135 Å². The zero-order valence-electron chi connectivity index (χ0n) is 38.2. The highest BCUT2D eigenvalue weighted by molar-refractivity contribution is 7.33. The minimum Gasteiger partial charge on any atom is -0.311 e. The first-order valence-corrected chi connectivity index (χ1v) is 25.1. The van der Waals surface area contributed by atoms with Gasteiger partial charge in [-0.1, -0.05) is 89.2 Å². The van der Waals surface area contributed by atoms with E-state index in [4.69, 9.17) is 0 Å². The van der Waals surface area contributed by atoms with Crippen molar-refractivity contribution in [1.29, 1.82) is 0 Å². The van der Waals surface area contributed by atoms with Gasteiger partial charge in [0.1, 0.15) is 0 Å². The maximum absolute atomic E-state index is 2.76. The van der Waals surface area contributed by atoms with Crippen LogP contribution < -0.4 is 25.5 Å². The van der Waals surface area contributed by atoms with Gasteiger partial charge in [0.15, 0.2) is 0 Å². The highest BCUT2D eigenvalue weighted by Gasteiger charge is 2.50. The molecule has 0 N–H and O–H groups in total. The fraction of sp³-hybridized carbons (Fsp3) is 0.356. The third kappa shape index (κ3) is 5.62. The second-order valence-corrected chi connectivity index (χ2v) is 23.1. The molecule has 1 fully saturated rings. The van der Waals surface area contributed by atoms with Gasteiger partial charge in [-0.2, -0.15) is 0 Å². The number of anilines is 6. The molecule has 2 aliphatic heterocycles. The third-order valence-electron chi connectivity index (χ3n) is 17.0. The summed E-state index contributed by atoms with van der Waals surface area (Å²) in [5.74, 6) is 0. The molecule has 3 heterocycles. The molecular weight excluding hydrogens is 780 g/mol. The summed E-state index contributed by atoms with van der Waals surface area (Å²) in [6.45, 7) is 14.8. The number of nitrogens with zero attached hydrogens (tertiary/aromatic N) is 2. The number of rotatable bonds is 3. The van der Waals surface area contributed by atoms with Gasteiger partial charge in [-0.25, -0.2) is 0 Å². The van der Waals surface area contributed by atoms with Crippen molar-refractivity contribution in [2.75, 3.05) is 9.80 Å². The molecular formula is C59H59BN2S. The van der Waals surface area contributed by atoms with E-state index >= 15 is 0 Å². The summed E-state index contributed by atoms with van der Waals surface area (Å²) in [5, 5.41) is 1.45. The second kappa shape index (κ2) is 13.5. The Bertz CT molecular complexity index is 3070. The lowest BCUT2D eigenvalue weighted by Crippen LogP contribution is -2.60. The van der Waals surface area contributed by atoms with Crippen molar-refractivity contribution in [1.82, 2.24) is 0 Å². The zero-order valence-corrected chi connectivity index (χ0v) is 39.0. The highest BCUT2D eigenvalue weighted by atomic mass is 32.1. The maximum atomic E-state index is 2.76. The topological polar surface area (TPSA) is 6.48 Å². The van der Waals surface area contributed by atoms with Crippen LogP contribution in [0.4, 0.5) is 34.1 Å². The molecule has 7 aromatic rings. The summed E-state index contributed by atoms with van der Waals surface area (Å²) in [6, 6.07) is 42.0. The molecule has 0 amide bonds. The molecule has 14 rings (SSSR count). The van der Waals surface area contributed by atoms with Crippen molar-refractivity contribution in [3.63, 3.8) is 0 Å². The van der Waals surface area contributed by atoms with Crippen LogP contribution >= 0.6 is 11.3 Å². The predicted molar refractivity (Wildman–Crippen MR) is 271 cm³/mol. The van der Waals surface area contributed by atoms with E-state index in [2.05, 4.69) is 166 Å². The molecule has 0 atom stereocenters. The van der Waals surface area contributed by atoms with Gasteiger partial charge < -0.3 is 9.80 Å². The third-order valence-corrected chi connectivity index (χ3v) is 18.2. The SMILES string of the molecule is Cc1cc2c(cc1N1c3cc(C(C)(C)C)ccc3B3c4sc5cc6c(cc5c4N(c4ccc5c(c4)CCCC5)c4cc(-c5ccccc5)cc1c43)C1(C)CCC6(C)CC1)CCCC2. The Kier molecular flexibility index (Phi) is 8.22. The lowest BCUT2D eigenvalue weighted by atomic mass is 9.36. The van der Waals surface area contributed by atoms with Crippen molar-refractivity contribution in [2.24, 2.45) is 0 Å². The number of hydrogen-bond donors (Lipinski definition) is 0. The normalized spacial score (nSPS) is 21.7. The highest BCUT2D eigenvalue weighted by Crippen LogP contribution is 2.59. The van der Waals surface area contributed by atoms with Gasteiger partial charge >= 0.3 is 0 Å². The predicted octanol–water partition coefficient (Wildman–Crippen LogP) is 14.1. The van der Waals surface area contributed by atoms with Crippen LogP contribution in [0.15, 0.2) is 103 Å². The Labute approximate surface area is 379 Å². The number of hydrogen-bond acceptors (Lipinski definition) is 3.